The van der Waals surface area contributed by atoms with E-state index < -0.39 is 10.8 Å². The first-order valence-corrected chi connectivity index (χ1v) is 9.94. The van der Waals surface area contributed by atoms with Crippen molar-refractivity contribution in [2.45, 2.75) is 18.4 Å². The molecule has 0 aliphatic heterocycles. The summed E-state index contributed by atoms with van der Waals surface area (Å²) in [6, 6.07) is 11.4. The highest BCUT2D eigenvalue weighted by Gasteiger charge is 2.10. The van der Waals surface area contributed by atoms with Crippen molar-refractivity contribution in [2.24, 2.45) is 12.0 Å². The van der Waals surface area contributed by atoms with Crippen LogP contribution in [0.2, 0.25) is 5.02 Å². The summed E-state index contributed by atoms with van der Waals surface area (Å²) >= 11 is 6.05. The number of nitrogens with zero attached hydrogens (tertiary/aromatic N) is 3. The van der Waals surface area contributed by atoms with Gasteiger partial charge in [-0.05, 0) is 25.1 Å². The number of aromatic nitrogens is 1. The minimum absolute atomic E-state index is 0. The molecule has 0 spiro atoms. The van der Waals surface area contributed by atoms with Gasteiger partial charge in [0, 0.05) is 43.2 Å². The molecule has 0 bridgehead atoms. The average molecular weight is 509 g/mol. The third-order valence-corrected chi connectivity index (χ3v) is 5.27. The molecule has 2 rings (SSSR count). The highest BCUT2D eigenvalue weighted by atomic mass is 127. The SMILES string of the molecule is CCNC(=NCCS(=O)c1ccccc1)N(C)Cc1cc(Cl)cn1C.I. The first-order valence-electron chi connectivity index (χ1n) is 8.25. The molecule has 1 aromatic carbocycles. The zero-order valence-corrected chi connectivity index (χ0v) is 19.2. The molecule has 0 saturated carbocycles. The molecular formula is C18H26ClIN4OS. The van der Waals surface area contributed by atoms with E-state index in [4.69, 9.17) is 11.6 Å². The molecule has 0 fully saturated rings. The summed E-state index contributed by atoms with van der Waals surface area (Å²) in [5.41, 5.74) is 1.10. The average Bonchev–Trinajstić information content (AvgIpc) is 2.91. The van der Waals surface area contributed by atoms with Gasteiger partial charge in [-0.25, -0.2) is 0 Å². The highest BCUT2D eigenvalue weighted by molar-refractivity contribution is 14.0. The lowest BCUT2D eigenvalue weighted by Gasteiger charge is -2.22. The molecule has 26 heavy (non-hydrogen) atoms. The first kappa shape index (κ1) is 23.0. The molecule has 1 aromatic heterocycles. The summed E-state index contributed by atoms with van der Waals surface area (Å²) in [5.74, 6) is 1.30. The fourth-order valence-corrected chi connectivity index (χ4v) is 3.66. The molecule has 2 aromatic rings. The van der Waals surface area contributed by atoms with Crippen molar-refractivity contribution in [1.29, 1.82) is 0 Å². The molecule has 8 heteroatoms. The van der Waals surface area contributed by atoms with Gasteiger partial charge in [0.1, 0.15) is 0 Å². The van der Waals surface area contributed by atoms with Gasteiger partial charge in [0.05, 0.1) is 28.9 Å². The largest absolute Gasteiger partial charge is 0.357 e. The molecule has 0 saturated heterocycles. The Bertz CT molecular complexity index is 736. The number of aryl methyl sites for hydroxylation is 1. The van der Waals surface area contributed by atoms with Gasteiger partial charge < -0.3 is 14.8 Å². The Kier molecular flexibility index (Phi) is 10.3. The van der Waals surface area contributed by atoms with Crippen LogP contribution < -0.4 is 5.32 Å². The first-order chi connectivity index (χ1) is 12.0. The van der Waals surface area contributed by atoms with Crippen molar-refractivity contribution >= 4 is 52.3 Å². The van der Waals surface area contributed by atoms with Crippen LogP contribution in [-0.4, -0.2) is 45.5 Å². The molecule has 5 nitrogen and oxygen atoms in total. The number of aliphatic imine (C=N–C) groups is 1. The standard InChI is InChI=1S/C18H25ClN4OS.HI/c1-4-20-18(23(3)14-16-12-15(19)13-22(16)2)21-10-11-25(24)17-8-6-5-7-9-17;/h5-9,12-13H,4,10-11,14H2,1-3H3,(H,20,21);1H. The minimum atomic E-state index is -1.03. The number of rotatable bonds is 7. The van der Waals surface area contributed by atoms with Crippen molar-refractivity contribution in [3.05, 3.63) is 53.3 Å². The lowest BCUT2D eigenvalue weighted by Crippen LogP contribution is -2.39. The lowest BCUT2D eigenvalue weighted by molar-refractivity contribution is 0.462. The molecule has 1 unspecified atom stereocenters. The van der Waals surface area contributed by atoms with Crippen LogP contribution in [0.5, 0.6) is 0 Å². The fourth-order valence-electron chi connectivity index (χ4n) is 2.44. The quantitative estimate of drug-likeness (QED) is 0.354. The zero-order valence-electron chi connectivity index (χ0n) is 15.3. The van der Waals surface area contributed by atoms with Crippen LogP contribution in [0.25, 0.3) is 0 Å². The Hall–Kier alpha value is -1.06. The van der Waals surface area contributed by atoms with Gasteiger partial charge in [-0.15, -0.1) is 24.0 Å². The van der Waals surface area contributed by atoms with Crippen LogP contribution >= 0.6 is 35.6 Å². The van der Waals surface area contributed by atoms with E-state index in [0.29, 0.717) is 18.8 Å². The zero-order chi connectivity index (χ0) is 18.2. The van der Waals surface area contributed by atoms with Gasteiger partial charge in [-0.2, -0.15) is 0 Å². The molecule has 0 aliphatic rings. The molecule has 0 aliphatic carbocycles. The van der Waals surface area contributed by atoms with E-state index in [1.54, 1.807) is 0 Å². The topological polar surface area (TPSA) is 49.6 Å². The smallest absolute Gasteiger partial charge is 0.194 e. The van der Waals surface area contributed by atoms with Gasteiger partial charge >= 0.3 is 0 Å². The van der Waals surface area contributed by atoms with Crippen LogP contribution in [0.3, 0.4) is 0 Å². The summed E-state index contributed by atoms with van der Waals surface area (Å²) in [6.45, 7) is 4.00. The van der Waals surface area contributed by atoms with E-state index in [-0.39, 0.29) is 24.0 Å². The minimum Gasteiger partial charge on any atom is -0.357 e. The van der Waals surface area contributed by atoms with Crippen molar-refractivity contribution in [3.8, 4) is 0 Å². The second kappa shape index (κ2) is 11.6. The van der Waals surface area contributed by atoms with E-state index >= 15 is 0 Å². The highest BCUT2D eigenvalue weighted by Crippen LogP contribution is 2.14. The third kappa shape index (κ3) is 6.92. The van der Waals surface area contributed by atoms with Crippen molar-refractivity contribution in [1.82, 2.24) is 14.8 Å². The fraction of sp³-hybridized carbons (Fsp3) is 0.389. The van der Waals surface area contributed by atoms with E-state index in [1.807, 2.05) is 73.1 Å². The number of hydrogen-bond acceptors (Lipinski definition) is 2. The predicted octanol–water partition coefficient (Wildman–Crippen LogP) is 3.50. The Morgan fingerprint density at radius 3 is 2.62 bits per heavy atom. The van der Waals surface area contributed by atoms with Crippen molar-refractivity contribution in [3.63, 3.8) is 0 Å². The number of nitrogens with one attached hydrogen (secondary N) is 1. The number of guanidine groups is 1. The van der Waals surface area contributed by atoms with Crippen LogP contribution in [0.4, 0.5) is 0 Å². The van der Waals surface area contributed by atoms with Gasteiger partial charge in [-0.1, -0.05) is 29.8 Å². The van der Waals surface area contributed by atoms with Crippen molar-refractivity contribution < 1.29 is 4.21 Å². The summed E-state index contributed by atoms with van der Waals surface area (Å²) in [7, 11) is 2.93. The summed E-state index contributed by atoms with van der Waals surface area (Å²) in [4.78, 5) is 7.49. The number of hydrogen-bond donors (Lipinski definition) is 1. The number of halogens is 2. The second-order valence-corrected chi connectivity index (χ2v) is 7.72. The monoisotopic (exact) mass is 508 g/mol. The Labute approximate surface area is 180 Å². The normalized spacial score (nSPS) is 12.4. The summed E-state index contributed by atoms with van der Waals surface area (Å²) in [5, 5.41) is 4.00. The molecule has 144 valence electrons. The molecule has 1 atom stereocenters. The van der Waals surface area contributed by atoms with Crippen LogP contribution in [0.15, 0.2) is 52.5 Å². The Morgan fingerprint density at radius 1 is 1.35 bits per heavy atom. The maximum Gasteiger partial charge on any atom is 0.194 e. The summed E-state index contributed by atoms with van der Waals surface area (Å²) < 4.78 is 14.3. The molecular weight excluding hydrogens is 483 g/mol. The Balaban J connectivity index is 0.00000338. The van der Waals surface area contributed by atoms with Crippen molar-refractivity contribution in [2.75, 3.05) is 25.9 Å². The molecule has 0 radical (unpaired) electrons. The lowest BCUT2D eigenvalue weighted by atomic mass is 10.4. The second-order valence-electron chi connectivity index (χ2n) is 5.71. The van der Waals surface area contributed by atoms with E-state index in [9.17, 15) is 4.21 Å². The van der Waals surface area contributed by atoms with Gasteiger partial charge in [0.2, 0.25) is 0 Å². The Morgan fingerprint density at radius 2 is 2.04 bits per heavy atom. The molecule has 1 N–H and O–H groups in total. The van der Waals surface area contributed by atoms with Gasteiger partial charge in [0.25, 0.3) is 0 Å². The van der Waals surface area contributed by atoms with Crippen LogP contribution in [-0.2, 0) is 24.4 Å². The predicted molar refractivity (Wildman–Crippen MR) is 121 cm³/mol. The van der Waals surface area contributed by atoms with Crippen LogP contribution in [0, 0.1) is 0 Å². The van der Waals surface area contributed by atoms with E-state index in [0.717, 1.165) is 28.1 Å². The van der Waals surface area contributed by atoms with E-state index in [2.05, 4.69) is 10.3 Å². The van der Waals surface area contributed by atoms with Crippen LogP contribution in [0.1, 0.15) is 12.6 Å². The summed E-state index contributed by atoms with van der Waals surface area (Å²) in [6.07, 6.45) is 1.89. The maximum atomic E-state index is 12.3. The number of benzene rings is 1. The molecule has 0 amide bonds. The van der Waals surface area contributed by atoms with Gasteiger partial charge in [0.15, 0.2) is 5.96 Å². The van der Waals surface area contributed by atoms with E-state index in [1.165, 1.54) is 0 Å². The third-order valence-electron chi connectivity index (χ3n) is 3.71. The molecule has 1 heterocycles. The maximum absolute atomic E-state index is 12.3. The van der Waals surface area contributed by atoms with Gasteiger partial charge in [-0.3, -0.25) is 9.20 Å².